The second-order valence-electron chi connectivity index (χ2n) is 4.25. The quantitative estimate of drug-likeness (QED) is 0.847. The first-order chi connectivity index (χ1) is 5.88. The van der Waals surface area contributed by atoms with Crippen LogP contribution in [0, 0.1) is 6.92 Å². The van der Waals surface area contributed by atoms with E-state index in [0.29, 0.717) is 0 Å². The Morgan fingerprint density at radius 3 is 2.46 bits per heavy atom. The first-order valence-electron chi connectivity index (χ1n) is 4.42. The van der Waals surface area contributed by atoms with Gasteiger partial charge in [0.1, 0.15) is 0 Å². The van der Waals surface area contributed by atoms with Crippen molar-refractivity contribution in [1.82, 2.24) is 0 Å². The highest BCUT2D eigenvalue weighted by Crippen LogP contribution is 2.19. The van der Waals surface area contributed by atoms with E-state index >= 15 is 0 Å². The van der Waals surface area contributed by atoms with Gasteiger partial charge in [-0.1, -0.05) is 28.1 Å². The van der Waals surface area contributed by atoms with Gasteiger partial charge in [0.15, 0.2) is 0 Å². The lowest BCUT2D eigenvalue weighted by Crippen LogP contribution is -2.34. The average molecular weight is 242 g/mol. The summed E-state index contributed by atoms with van der Waals surface area (Å²) in [6.07, 6.45) is 0.918. The minimum Gasteiger partial charge on any atom is -0.325 e. The van der Waals surface area contributed by atoms with Gasteiger partial charge in [-0.3, -0.25) is 0 Å². The van der Waals surface area contributed by atoms with Gasteiger partial charge in [0.2, 0.25) is 0 Å². The number of nitrogens with two attached hydrogens (primary N) is 1. The fraction of sp³-hybridized carbons (Fsp3) is 0.455. The van der Waals surface area contributed by atoms with Crippen molar-refractivity contribution in [2.24, 2.45) is 5.73 Å². The van der Waals surface area contributed by atoms with E-state index in [-0.39, 0.29) is 5.54 Å². The van der Waals surface area contributed by atoms with Crippen molar-refractivity contribution in [2.45, 2.75) is 32.7 Å². The third-order valence-electron chi connectivity index (χ3n) is 1.88. The highest BCUT2D eigenvalue weighted by Gasteiger charge is 2.11. The highest BCUT2D eigenvalue weighted by molar-refractivity contribution is 9.10. The number of halogens is 1. The molecular formula is C11H16BrN. The highest BCUT2D eigenvalue weighted by atomic mass is 79.9. The standard InChI is InChI=1S/C11H16BrN/c1-8-6-9(4-5-10(8)12)7-11(2,3)13/h4-6H,7,13H2,1-3H3. The molecule has 0 aliphatic heterocycles. The van der Waals surface area contributed by atoms with Crippen LogP contribution < -0.4 is 5.73 Å². The summed E-state index contributed by atoms with van der Waals surface area (Å²) in [5.74, 6) is 0. The van der Waals surface area contributed by atoms with Crippen LogP contribution in [-0.4, -0.2) is 5.54 Å². The Hall–Kier alpha value is -0.340. The van der Waals surface area contributed by atoms with Crippen LogP contribution in [0.4, 0.5) is 0 Å². The Labute approximate surface area is 88.5 Å². The normalized spacial score (nSPS) is 11.8. The van der Waals surface area contributed by atoms with Crippen LogP contribution in [0.5, 0.6) is 0 Å². The predicted molar refractivity (Wildman–Crippen MR) is 60.8 cm³/mol. The lowest BCUT2D eigenvalue weighted by Gasteiger charge is -2.18. The van der Waals surface area contributed by atoms with E-state index in [0.717, 1.165) is 10.9 Å². The minimum atomic E-state index is -0.125. The fourth-order valence-corrected chi connectivity index (χ4v) is 1.59. The number of rotatable bonds is 2. The Morgan fingerprint density at radius 2 is 2.00 bits per heavy atom. The maximum atomic E-state index is 5.94. The zero-order valence-corrected chi connectivity index (χ0v) is 9.98. The second-order valence-corrected chi connectivity index (χ2v) is 5.10. The molecule has 0 bridgehead atoms. The van der Waals surface area contributed by atoms with E-state index in [1.54, 1.807) is 0 Å². The Bertz CT molecular complexity index is 299. The summed E-state index contributed by atoms with van der Waals surface area (Å²) in [5.41, 5.74) is 8.38. The summed E-state index contributed by atoms with van der Waals surface area (Å²) in [7, 11) is 0. The molecule has 0 saturated carbocycles. The molecule has 72 valence electrons. The molecule has 1 aromatic carbocycles. The molecule has 2 heteroatoms. The van der Waals surface area contributed by atoms with Crippen LogP contribution in [-0.2, 0) is 6.42 Å². The molecular weight excluding hydrogens is 226 g/mol. The van der Waals surface area contributed by atoms with Crippen molar-refractivity contribution in [3.05, 3.63) is 33.8 Å². The molecule has 13 heavy (non-hydrogen) atoms. The molecule has 0 amide bonds. The Balaban J connectivity index is 2.86. The summed E-state index contributed by atoms with van der Waals surface area (Å²) in [4.78, 5) is 0. The van der Waals surface area contributed by atoms with Crippen LogP contribution in [0.25, 0.3) is 0 Å². The van der Waals surface area contributed by atoms with Gasteiger partial charge in [0.25, 0.3) is 0 Å². The van der Waals surface area contributed by atoms with E-state index in [9.17, 15) is 0 Å². The van der Waals surface area contributed by atoms with Crippen molar-refractivity contribution < 1.29 is 0 Å². The molecule has 0 heterocycles. The Kier molecular flexibility index (Phi) is 3.14. The second kappa shape index (κ2) is 3.81. The molecule has 1 rings (SSSR count). The molecule has 2 N–H and O–H groups in total. The van der Waals surface area contributed by atoms with E-state index < -0.39 is 0 Å². The Morgan fingerprint density at radius 1 is 1.38 bits per heavy atom. The van der Waals surface area contributed by atoms with Crippen molar-refractivity contribution in [3.63, 3.8) is 0 Å². The maximum absolute atomic E-state index is 5.94. The third kappa shape index (κ3) is 3.49. The molecule has 0 aliphatic rings. The van der Waals surface area contributed by atoms with Gasteiger partial charge in [-0.05, 0) is 44.4 Å². The summed E-state index contributed by atoms with van der Waals surface area (Å²) in [6, 6.07) is 6.38. The van der Waals surface area contributed by atoms with E-state index in [2.05, 4.69) is 41.1 Å². The molecule has 0 aromatic heterocycles. The van der Waals surface area contributed by atoms with Gasteiger partial charge in [-0.25, -0.2) is 0 Å². The molecule has 1 nitrogen and oxygen atoms in total. The van der Waals surface area contributed by atoms with Gasteiger partial charge < -0.3 is 5.73 Å². The zero-order valence-electron chi connectivity index (χ0n) is 8.39. The molecule has 0 radical (unpaired) electrons. The SMILES string of the molecule is Cc1cc(CC(C)(C)N)ccc1Br. The maximum Gasteiger partial charge on any atom is 0.0204 e. The average Bonchev–Trinajstić information content (AvgIpc) is 1.94. The lowest BCUT2D eigenvalue weighted by molar-refractivity contribution is 0.516. The van der Waals surface area contributed by atoms with E-state index in [1.807, 2.05) is 13.8 Å². The molecule has 0 unspecified atom stereocenters. The van der Waals surface area contributed by atoms with Crippen LogP contribution in [0.3, 0.4) is 0 Å². The van der Waals surface area contributed by atoms with Gasteiger partial charge in [-0.2, -0.15) is 0 Å². The smallest absolute Gasteiger partial charge is 0.0204 e. The third-order valence-corrected chi connectivity index (χ3v) is 2.77. The van der Waals surface area contributed by atoms with Crippen molar-refractivity contribution in [2.75, 3.05) is 0 Å². The summed E-state index contributed by atoms with van der Waals surface area (Å²) < 4.78 is 1.16. The molecule has 0 spiro atoms. The molecule has 1 aromatic rings. The summed E-state index contributed by atoms with van der Waals surface area (Å²) in [6.45, 7) is 6.19. The van der Waals surface area contributed by atoms with Crippen molar-refractivity contribution in [3.8, 4) is 0 Å². The molecule has 0 atom stereocenters. The number of hydrogen-bond acceptors (Lipinski definition) is 1. The summed E-state index contributed by atoms with van der Waals surface area (Å²) in [5, 5.41) is 0. The van der Waals surface area contributed by atoms with Crippen LogP contribution in [0.15, 0.2) is 22.7 Å². The fourth-order valence-electron chi connectivity index (χ4n) is 1.34. The topological polar surface area (TPSA) is 26.0 Å². The van der Waals surface area contributed by atoms with Gasteiger partial charge >= 0.3 is 0 Å². The largest absolute Gasteiger partial charge is 0.325 e. The van der Waals surface area contributed by atoms with Gasteiger partial charge in [-0.15, -0.1) is 0 Å². The van der Waals surface area contributed by atoms with Gasteiger partial charge in [0, 0.05) is 10.0 Å². The van der Waals surface area contributed by atoms with Crippen LogP contribution >= 0.6 is 15.9 Å². The van der Waals surface area contributed by atoms with E-state index in [1.165, 1.54) is 11.1 Å². The lowest BCUT2D eigenvalue weighted by atomic mass is 9.95. The van der Waals surface area contributed by atoms with Crippen molar-refractivity contribution in [1.29, 1.82) is 0 Å². The molecule has 0 fully saturated rings. The molecule has 0 saturated heterocycles. The first kappa shape index (κ1) is 10.7. The first-order valence-corrected chi connectivity index (χ1v) is 5.22. The van der Waals surface area contributed by atoms with E-state index in [4.69, 9.17) is 5.73 Å². The minimum absolute atomic E-state index is 0.125. The van der Waals surface area contributed by atoms with Crippen LogP contribution in [0.1, 0.15) is 25.0 Å². The number of benzene rings is 1. The monoisotopic (exact) mass is 241 g/mol. The molecule has 0 aliphatic carbocycles. The predicted octanol–water partition coefficient (Wildman–Crippen LogP) is 3.04. The van der Waals surface area contributed by atoms with Gasteiger partial charge in [0.05, 0.1) is 0 Å². The summed E-state index contributed by atoms with van der Waals surface area (Å²) >= 11 is 3.48. The van der Waals surface area contributed by atoms with Crippen LogP contribution in [0.2, 0.25) is 0 Å². The number of aryl methyl sites for hydroxylation is 1. The zero-order chi connectivity index (χ0) is 10.1. The number of hydrogen-bond donors (Lipinski definition) is 1. The van der Waals surface area contributed by atoms with Crippen molar-refractivity contribution >= 4 is 15.9 Å².